The van der Waals surface area contributed by atoms with Gasteiger partial charge in [-0.25, -0.2) is 4.79 Å². The van der Waals surface area contributed by atoms with E-state index < -0.39 is 11.6 Å². The predicted octanol–water partition coefficient (Wildman–Crippen LogP) is 2.05. The van der Waals surface area contributed by atoms with Crippen LogP contribution in [-0.4, -0.2) is 41.2 Å². The summed E-state index contributed by atoms with van der Waals surface area (Å²) in [5, 5.41) is 10.7. The number of ether oxygens (including phenoxy) is 2. The first-order chi connectivity index (χ1) is 10.9. The van der Waals surface area contributed by atoms with E-state index in [-0.39, 0.29) is 41.6 Å². The molecule has 0 bridgehead atoms. The lowest BCUT2D eigenvalue weighted by molar-refractivity contribution is -0.156. The molecular weight excluding hydrogens is 320 g/mol. The Labute approximate surface area is 141 Å². The first kappa shape index (κ1) is 16.8. The van der Waals surface area contributed by atoms with Gasteiger partial charge in [0.15, 0.2) is 5.60 Å². The maximum atomic E-state index is 12.2. The summed E-state index contributed by atoms with van der Waals surface area (Å²) in [5.74, 6) is -1.00. The highest BCUT2D eigenvalue weighted by Crippen LogP contribution is 2.53. The van der Waals surface area contributed by atoms with Crippen LogP contribution >= 0.6 is 11.6 Å². The zero-order valence-corrected chi connectivity index (χ0v) is 14.1. The molecule has 1 heterocycles. The van der Waals surface area contributed by atoms with E-state index in [4.69, 9.17) is 21.1 Å². The van der Waals surface area contributed by atoms with Crippen molar-refractivity contribution in [1.82, 2.24) is 0 Å². The summed E-state index contributed by atoms with van der Waals surface area (Å²) in [4.78, 5) is 23.3. The lowest BCUT2D eigenvalue weighted by Gasteiger charge is -2.31. The van der Waals surface area contributed by atoms with Gasteiger partial charge in [0.1, 0.15) is 6.10 Å². The highest BCUT2D eigenvalue weighted by molar-refractivity contribution is 6.20. The van der Waals surface area contributed by atoms with E-state index in [1.165, 1.54) is 6.92 Å². The zero-order chi connectivity index (χ0) is 16.8. The normalized spacial score (nSPS) is 42.7. The van der Waals surface area contributed by atoms with Crippen LogP contribution in [0.25, 0.3) is 0 Å². The molecule has 0 aromatic carbocycles. The molecule has 6 unspecified atom stereocenters. The predicted molar refractivity (Wildman–Crippen MR) is 83.8 cm³/mol. The van der Waals surface area contributed by atoms with E-state index in [1.807, 2.05) is 0 Å². The Morgan fingerprint density at radius 2 is 2.22 bits per heavy atom. The van der Waals surface area contributed by atoms with Crippen LogP contribution in [0, 0.1) is 23.7 Å². The van der Waals surface area contributed by atoms with Gasteiger partial charge in [-0.2, -0.15) is 0 Å². The number of halogens is 1. The van der Waals surface area contributed by atoms with Crippen LogP contribution in [0.15, 0.2) is 12.2 Å². The van der Waals surface area contributed by atoms with Crippen molar-refractivity contribution in [3.05, 3.63) is 12.2 Å². The van der Waals surface area contributed by atoms with Crippen LogP contribution < -0.4 is 0 Å². The minimum absolute atomic E-state index is 0.0375. The van der Waals surface area contributed by atoms with Gasteiger partial charge in [0.25, 0.3) is 0 Å². The van der Waals surface area contributed by atoms with E-state index in [0.717, 1.165) is 24.8 Å². The Kier molecular flexibility index (Phi) is 4.45. The summed E-state index contributed by atoms with van der Waals surface area (Å²) in [6.45, 7) is 5.92. The monoisotopic (exact) mass is 342 g/mol. The fourth-order valence-corrected chi connectivity index (χ4v) is 4.97. The number of alkyl halides is 1. The van der Waals surface area contributed by atoms with Crippen LogP contribution in [0.2, 0.25) is 0 Å². The average Bonchev–Trinajstić information content (AvgIpc) is 2.99. The molecule has 1 aliphatic heterocycles. The molecule has 23 heavy (non-hydrogen) atoms. The Hall–Kier alpha value is -1.07. The van der Waals surface area contributed by atoms with Gasteiger partial charge in [0.2, 0.25) is 0 Å². The topological polar surface area (TPSA) is 72.8 Å². The number of hydrogen-bond acceptors (Lipinski definition) is 5. The molecule has 1 N–H and O–H groups in total. The maximum absolute atomic E-state index is 12.2. The van der Waals surface area contributed by atoms with Gasteiger partial charge in [0, 0.05) is 24.7 Å². The molecule has 0 amide bonds. The lowest BCUT2D eigenvalue weighted by atomic mass is 9.76. The standard InChI is InChI=1S/C17H23ClO5/c1-9-3-6-13-15(23-16(20)17(13,21)8-18)14-11(4-5-12(9)14)7-22-10(2)19/h11-15,21H,1,3-8H2,2H3. The van der Waals surface area contributed by atoms with E-state index in [9.17, 15) is 14.7 Å². The SMILES string of the molecule is C=C1CCC2C(OC(=O)C2(O)CCl)C2C(COC(C)=O)CCC12. The molecule has 0 aromatic rings. The first-order valence-corrected chi connectivity index (χ1v) is 8.72. The van der Waals surface area contributed by atoms with Gasteiger partial charge in [0.05, 0.1) is 12.5 Å². The molecule has 5 nitrogen and oxygen atoms in total. The van der Waals surface area contributed by atoms with E-state index >= 15 is 0 Å². The fraction of sp³-hybridized carbons (Fsp3) is 0.765. The van der Waals surface area contributed by atoms with Crippen LogP contribution in [0.4, 0.5) is 0 Å². The number of allylic oxidation sites excluding steroid dienone is 1. The van der Waals surface area contributed by atoms with Crippen LogP contribution in [0.5, 0.6) is 0 Å². The van der Waals surface area contributed by atoms with E-state index in [1.54, 1.807) is 0 Å². The summed E-state index contributed by atoms with van der Waals surface area (Å²) in [6, 6.07) is 0. The molecule has 0 spiro atoms. The number of fused-ring (bicyclic) bond motifs is 3. The smallest absolute Gasteiger partial charge is 0.340 e. The second kappa shape index (κ2) is 6.10. The first-order valence-electron chi connectivity index (χ1n) is 8.19. The second-order valence-electron chi connectivity index (χ2n) is 7.06. The summed E-state index contributed by atoms with van der Waals surface area (Å²) in [7, 11) is 0. The largest absolute Gasteiger partial charge is 0.466 e. The minimum Gasteiger partial charge on any atom is -0.466 e. The molecule has 0 aromatic heterocycles. The van der Waals surface area contributed by atoms with Crippen molar-refractivity contribution in [3.63, 3.8) is 0 Å². The summed E-state index contributed by atoms with van der Waals surface area (Å²) >= 11 is 5.89. The van der Waals surface area contributed by atoms with Crippen LogP contribution in [0.1, 0.15) is 32.6 Å². The van der Waals surface area contributed by atoms with Crippen LogP contribution in [0.3, 0.4) is 0 Å². The molecule has 2 aliphatic carbocycles. The molecule has 2 saturated carbocycles. The quantitative estimate of drug-likeness (QED) is 0.483. The van der Waals surface area contributed by atoms with Crippen molar-refractivity contribution >= 4 is 23.5 Å². The molecule has 3 aliphatic rings. The maximum Gasteiger partial charge on any atom is 0.340 e. The number of aliphatic hydroxyl groups is 1. The van der Waals surface area contributed by atoms with E-state index in [0.29, 0.717) is 13.0 Å². The highest BCUT2D eigenvalue weighted by Gasteiger charge is 2.61. The van der Waals surface area contributed by atoms with Gasteiger partial charge >= 0.3 is 11.9 Å². The molecule has 6 atom stereocenters. The third-order valence-corrected chi connectivity index (χ3v) is 6.26. The highest BCUT2D eigenvalue weighted by atomic mass is 35.5. The molecule has 3 fully saturated rings. The Balaban J connectivity index is 1.89. The number of esters is 2. The molecule has 1 saturated heterocycles. The second-order valence-corrected chi connectivity index (χ2v) is 7.32. The average molecular weight is 343 g/mol. The van der Waals surface area contributed by atoms with E-state index in [2.05, 4.69) is 6.58 Å². The zero-order valence-electron chi connectivity index (χ0n) is 13.3. The van der Waals surface area contributed by atoms with Crippen molar-refractivity contribution in [2.24, 2.45) is 23.7 Å². The number of hydrogen-bond donors (Lipinski definition) is 1. The Morgan fingerprint density at radius 3 is 2.87 bits per heavy atom. The molecule has 128 valence electrons. The van der Waals surface area contributed by atoms with Gasteiger partial charge < -0.3 is 14.6 Å². The number of carbonyl (C=O) groups excluding carboxylic acids is 2. The van der Waals surface area contributed by atoms with Crippen molar-refractivity contribution in [2.45, 2.75) is 44.3 Å². The Bertz CT molecular complexity index is 533. The number of carbonyl (C=O) groups is 2. The number of rotatable bonds is 3. The van der Waals surface area contributed by atoms with Crippen LogP contribution in [-0.2, 0) is 19.1 Å². The van der Waals surface area contributed by atoms with Gasteiger partial charge in [-0.05, 0) is 31.6 Å². The van der Waals surface area contributed by atoms with Crippen molar-refractivity contribution in [1.29, 1.82) is 0 Å². The molecule has 3 rings (SSSR count). The molecular formula is C17H23ClO5. The van der Waals surface area contributed by atoms with Crippen molar-refractivity contribution in [2.75, 3.05) is 12.5 Å². The van der Waals surface area contributed by atoms with Gasteiger partial charge in [-0.1, -0.05) is 12.2 Å². The van der Waals surface area contributed by atoms with Gasteiger partial charge in [-0.15, -0.1) is 11.6 Å². The van der Waals surface area contributed by atoms with Gasteiger partial charge in [-0.3, -0.25) is 4.79 Å². The third kappa shape index (κ3) is 2.68. The van der Waals surface area contributed by atoms with Crippen molar-refractivity contribution in [3.8, 4) is 0 Å². The summed E-state index contributed by atoms with van der Waals surface area (Å²) < 4.78 is 10.8. The fourth-order valence-electron chi connectivity index (χ4n) is 4.66. The summed E-state index contributed by atoms with van der Waals surface area (Å²) in [6.07, 6.45) is 2.89. The molecule has 0 radical (unpaired) electrons. The molecule has 6 heteroatoms. The third-order valence-electron chi connectivity index (χ3n) is 5.85. The van der Waals surface area contributed by atoms with Crippen molar-refractivity contribution < 1.29 is 24.2 Å². The minimum atomic E-state index is -1.62. The lowest BCUT2D eigenvalue weighted by Crippen LogP contribution is -2.45. The summed E-state index contributed by atoms with van der Waals surface area (Å²) in [5.41, 5.74) is -0.474. The Morgan fingerprint density at radius 1 is 1.48 bits per heavy atom.